The lowest BCUT2D eigenvalue weighted by molar-refractivity contribution is -0.0702. The van der Waals surface area contributed by atoms with Crippen molar-refractivity contribution >= 4 is 11.8 Å². The molecule has 0 amide bonds. The summed E-state index contributed by atoms with van der Waals surface area (Å²) in [5.41, 5.74) is 0. The van der Waals surface area contributed by atoms with Gasteiger partial charge in [0.05, 0.1) is 18.5 Å². The monoisotopic (exact) mass is 212 g/mol. The van der Waals surface area contributed by atoms with Crippen molar-refractivity contribution in [2.45, 2.75) is 18.9 Å². The van der Waals surface area contributed by atoms with Crippen LogP contribution in [0.2, 0.25) is 0 Å². The van der Waals surface area contributed by atoms with Crippen molar-refractivity contribution in [3.8, 4) is 0 Å². The summed E-state index contributed by atoms with van der Waals surface area (Å²) in [6.07, 6.45) is 4.29. The summed E-state index contributed by atoms with van der Waals surface area (Å²) < 4.78 is 5.88. The second kappa shape index (κ2) is 3.46. The van der Waals surface area contributed by atoms with Crippen LogP contribution in [0, 0.1) is 17.8 Å². The fourth-order valence-electron chi connectivity index (χ4n) is 2.95. The fourth-order valence-corrected chi connectivity index (χ4v) is 4.50. The van der Waals surface area contributed by atoms with Gasteiger partial charge in [0, 0.05) is 12.3 Å². The van der Waals surface area contributed by atoms with Gasteiger partial charge in [0.25, 0.3) is 0 Å². The topological polar surface area (TPSA) is 29.5 Å². The molecule has 2 fully saturated rings. The molecule has 0 bridgehead atoms. The second-order valence-electron chi connectivity index (χ2n) is 4.61. The van der Waals surface area contributed by atoms with Crippen LogP contribution >= 0.6 is 11.8 Å². The van der Waals surface area contributed by atoms with Gasteiger partial charge in [0.2, 0.25) is 0 Å². The van der Waals surface area contributed by atoms with Gasteiger partial charge in [-0.25, -0.2) is 0 Å². The molecule has 3 aliphatic rings. The van der Waals surface area contributed by atoms with Crippen LogP contribution in [0.15, 0.2) is 11.8 Å². The smallest absolute Gasteiger partial charge is 0.0887 e. The molecule has 0 aromatic carbocycles. The number of aliphatic hydroxyl groups excluding tert-OH is 1. The molecule has 78 valence electrons. The van der Waals surface area contributed by atoms with Crippen LogP contribution in [0.25, 0.3) is 0 Å². The third-order valence-corrected chi connectivity index (χ3v) is 5.05. The van der Waals surface area contributed by atoms with E-state index >= 15 is 0 Å². The molecule has 2 saturated heterocycles. The van der Waals surface area contributed by atoms with Crippen molar-refractivity contribution in [3.63, 3.8) is 0 Å². The molecule has 1 N–H and O–H groups in total. The third kappa shape index (κ3) is 1.38. The Morgan fingerprint density at radius 3 is 3.29 bits per heavy atom. The zero-order valence-corrected chi connectivity index (χ0v) is 9.00. The van der Waals surface area contributed by atoms with E-state index < -0.39 is 0 Å². The minimum atomic E-state index is 0.394. The van der Waals surface area contributed by atoms with Crippen LogP contribution in [0.3, 0.4) is 0 Å². The lowest BCUT2D eigenvalue weighted by Crippen LogP contribution is -2.42. The minimum absolute atomic E-state index is 0.394. The standard InChI is InChI=1S/C11H16O2S/c12-8-1-2-11-9(3-8)10-6-14-5-7(10)4-13-11/h3,7,9-12H,1-2,4-6H2. The van der Waals surface area contributed by atoms with E-state index in [1.165, 1.54) is 11.5 Å². The number of aliphatic hydroxyl groups is 1. The number of allylic oxidation sites excluding steroid dienone is 1. The molecule has 2 nitrogen and oxygen atoms in total. The first-order chi connectivity index (χ1) is 6.84. The van der Waals surface area contributed by atoms with Gasteiger partial charge in [-0.3, -0.25) is 0 Å². The lowest BCUT2D eigenvalue weighted by atomic mass is 9.75. The SMILES string of the molecule is OC1=CC2C(CC1)OCC1CSCC12. The third-order valence-electron chi connectivity index (χ3n) is 3.77. The molecule has 0 saturated carbocycles. The number of ether oxygens (including phenoxy) is 1. The predicted octanol–water partition coefficient (Wildman–Crippen LogP) is 2.22. The van der Waals surface area contributed by atoms with Gasteiger partial charge in [-0.05, 0) is 35.8 Å². The maximum absolute atomic E-state index is 9.57. The molecule has 1 aliphatic carbocycles. The summed E-state index contributed by atoms with van der Waals surface area (Å²) >= 11 is 2.05. The summed E-state index contributed by atoms with van der Waals surface area (Å²) in [6.45, 7) is 0.952. The number of thioether (sulfide) groups is 1. The molecule has 0 radical (unpaired) electrons. The van der Waals surface area contributed by atoms with Gasteiger partial charge in [0.15, 0.2) is 0 Å². The molecule has 2 heterocycles. The number of fused-ring (bicyclic) bond motifs is 3. The van der Waals surface area contributed by atoms with E-state index in [0.29, 0.717) is 17.8 Å². The first-order valence-corrected chi connectivity index (χ1v) is 6.59. The summed E-state index contributed by atoms with van der Waals surface area (Å²) in [6, 6.07) is 0. The highest BCUT2D eigenvalue weighted by Crippen LogP contribution is 2.44. The first kappa shape index (κ1) is 9.10. The zero-order chi connectivity index (χ0) is 9.54. The molecule has 3 rings (SSSR count). The largest absolute Gasteiger partial charge is 0.513 e. The van der Waals surface area contributed by atoms with Crippen LogP contribution in [0.4, 0.5) is 0 Å². The van der Waals surface area contributed by atoms with Crippen LogP contribution < -0.4 is 0 Å². The highest BCUT2D eigenvalue weighted by Gasteiger charge is 2.43. The molecule has 0 aromatic heterocycles. The van der Waals surface area contributed by atoms with Crippen molar-refractivity contribution < 1.29 is 9.84 Å². The molecule has 2 aliphatic heterocycles. The minimum Gasteiger partial charge on any atom is -0.513 e. The lowest BCUT2D eigenvalue weighted by Gasteiger charge is -2.40. The summed E-state index contributed by atoms with van der Waals surface area (Å²) in [7, 11) is 0. The highest BCUT2D eigenvalue weighted by molar-refractivity contribution is 7.99. The van der Waals surface area contributed by atoms with Gasteiger partial charge in [-0.15, -0.1) is 0 Å². The van der Waals surface area contributed by atoms with Crippen LogP contribution in [-0.2, 0) is 4.74 Å². The summed E-state index contributed by atoms with van der Waals surface area (Å²) in [5, 5.41) is 9.57. The van der Waals surface area contributed by atoms with Gasteiger partial charge < -0.3 is 9.84 Å². The van der Waals surface area contributed by atoms with E-state index in [-0.39, 0.29) is 0 Å². The van der Waals surface area contributed by atoms with E-state index in [0.717, 1.165) is 31.3 Å². The second-order valence-corrected chi connectivity index (χ2v) is 5.68. The highest BCUT2D eigenvalue weighted by atomic mass is 32.2. The van der Waals surface area contributed by atoms with Crippen molar-refractivity contribution in [3.05, 3.63) is 11.8 Å². The molecule has 4 atom stereocenters. The average molecular weight is 212 g/mol. The summed E-state index contributed by atoms with van der Waals surface area (Å²) in [4.78, 5) is 0. The van der Waals surface area contributed by atoms with Crippen molar-refractivity contribution in [2.75, 3.05) is 18.1 Å². The Morgan fingerprint density at radius 1 is 1.43 bits per heavy atom. The van der Waals surface area contributed by atoms with Gasteiger partial charge >= 0.3 is 0 Å². The Hall–Kier alpha value is -0.150. The molecule has 0 aromatic rings. The Kier molecular flexibility index (Phi) is 2.25. The quantitative estimate of drug-likeness (QED) is 0.667. The van der Waals surface area contributed by atoms with E-state index in [1.54, 1.807) is 0 Å². The maximum Gasteiger partial charge on any atom is 0.0887 e. The van der Waals surface area contributed by atoms with Crippen molar-refractivity contribution in [1.29, 1.82) is 0 Å². The number of hydrogen-bond acceptors (Lipinski definition) is 3. The van der Waals surface area contributed by atoms with E-state index in [2.05, 4.69) is 6.08 Å². The number of hydrogen-bond donors (Lipinski definition) is 1. The van der Waals surface area contributed by atoms with Gasteiger partial charge in [0.1, 0.15) is 0 Å². The Morgan fingerprint density at radius 2 is 2.36 bits per heavy atom. The predicted molar refractivity (Wildman–Crippen MR) is 57.5 cm³/mol. The van der Waals surface area contributed by atoms with E-state index in [4.69, 9.17) is 4.74 Å². The molecule has 4 unspecified atom stereocenters. The molecular weight excluding hydrogens is 196 g/mol. The van der Waals surface area contributed by atoms with Gasteiger partial charge in [-0.2, -0.15) is 11.8 Å². The maximum atomic E-state index is 9.57. The van der Waals surface area contributed by atoms with Crippen LogP contribution in [0.5, 0.6) is 0 Å². The zero-order valence-electron chi connectivity index (χ0n) is 8.19. The van der Waals surface area contributed by atoms with Crippen molar-refractivity contribution in [1.82, 2.24) is 0 Å². The fraction of sp³-hybridized carbons (Fsp3) is 0.818. The Balaban J connectivity index is 1.85. The van der Waals surface area contributed by atoms with Crippen LogP contribution in [0.1, 0.15) is 12.8 Å². The Bertz CT molecular complexity index is 264. The first-order valence-electron chi connectivity index (χ1n) is 5.43. The molecule has 0 spiro atoms. The molecule has 14 heavy (non-hydrogen) atoms. The van der Waals surface area contributed by atoms with Gasteiger partial charge in [-0.1, -0.05) is 0 Å². The normalized spacial score (nSPS) is 46.7. The van der Waals surface area contributed by atoms with Crippen LogP contribution in [-0.4, -0.2) is 29.3 Å². The summed E-state index contributed by atoms with van der Waals surface area (Å²) in [5.74, 6) is 5.11. The molecular formula is C11H16O2S. The average Bonchev–Trinajstić information content (AvgIpc) is 2.65. The Labute approximate surface area is 88.7 Å². The number of rotatable bonds is 0. The van der Waals surface area contributed by atoms with Crippen molar-refractivity contribution in [2.24, 2.45) is 17.8 Å². The van der Waals surface area contributed by atoms with E-state index in [9.17, 15) is 5.11 Å². The molecule has 3 heteroatoms. The van der Waals surface area contributed by atoms with E-state index in [1.807, 2.05) is 11.8 Å².